The largest absolute Gasteiger partial charge is 0.370 e. The average molecular weight is 222 g/mol. The van der Waals surface area contributed by atoms with Crippen LogP contribution in [-0.2, 0) is 0 Å². The van der Waals surface area contributed by atoms with E-state index in [1.54, 1.807) is 0 Å². The van der Waals surface area contributed by atoms with Gasteiger partial charge in [0.2, 0.25) is 0 Å². The molecule has 0 aliphatic heterocycles. The number of rotatable bonds is 6. The Morgan fingerprint density at radius 3 is 2.62 bits per heavy atom. The van der Waals surface area contributed by atoms with Crippen molar-refractivity contribution in [3.63, 3.8) is 0 Å². The SMILES string of the molecule is CCCNc1cc(N(C)CCC)nc(C)n1. The Morgan fingerprint density at radius 2 is 2.00 bits per heavy atom. The number of aryl methyl sites for hydroxylation is 1. The summed E-state index contributed by atoms with van der Waals surface area (Å²) in [4.78, 5) is 11.0. The monoisotopic (exact) mass is 222 g/mol. The lowest BCUT2D eigenvalue weighted by atomic mass is 10.4. The molecule has 0 fully saturated rings. The molecule has 90 valence electrons. The molecule has 16 heavy (non-hydrogen) atoms. The first-order chi connectivity index (χ1) is 7.67. The molecule has 1 N–H and O–H groups in total. The van der Waals surface area contributed by atoms with Gasteiger partial charge >= 0.3 is 0 Å². The van der Waals surface area contributed by atoms with Crippen LogP contribution in [0.3, 0.4) is 0 Å². The molecular weight excluding hydrogens is 200 g/mol. The first kappa shape index (κ1) is 12.7. The topological polar surface area (TPSA) is 41.0 Å². The van der Waals surface area contributed by atoms with Gasteiger partial charge < -0.3 is 10.2 Å². The summed E-state index contributed by atoms with van der Waals surface area (Å²) < 4.78 is 0. The predicted octanol–water partition coefficient (Wildman–Crippen LogP) is 2.45. The molecular formula is C12H22N4. The molecule has 4 nitrogen and oxygen atoms in total. The smallest absolute Gasteiger partial charge is 0.134 e. The van der Waals surface area contributed by atoms with E-state index >= 15 is 0 Å². The predicted molar refractivity (Wildman–Crippen MR) is 69.1 cm³/mol. The molecule has 0 atom stereocenters. The fourth-order valence-corrected chi connectivity index (χ4v) is 1.54. The maximum absolute atomic E-state index is 4.44. The highest BCUT2D eigenvalue weighted by molar-refractivity contribution is 5.48. The van der Waals surface area contributed by atoms with Crippen molar-refractivity contribution in [2.75, 3.05) is 30.4 Å². The van der Waals surface area contributed by atoms with Crippen LogP contribution in [0.2, 0.25) is 0 Å². The van der Waals surface area contributed by atoms with E-state index in [1.165, 1.54) is 0 Å². The Kier molecular flexibility index (Phi) is 5.02. The van der Waals surface area contributed by atoms with Crippen molar-refractivity contribution in [1.29, 1.82) is 0 Å². The third-order valence-corrected chi connectivity index (χ3v) is 2.33. The van der Waals surface area contributed by atoms with Crippen LogP contribution in [0.5, 0.6) is 0 Å². The summed E-state index contributed by atoms with van der Waals surface area (Å²) >= 11 is 0. The number of hydrogen-bond acceptors (Lipinski definition) is 4. The van der Waals surface area contributed by atoms with E-state index in [0.717, 1.165) is 43.4 Å². The van der Waals surface area contributed by atoms with Crippen molar-refractivity contribution >= 4 is 11.6 Å². The highest BCUT2D eigenvalue weighted by Gasteiger charge is 2.05. The fourth-order valence-electron chi connectivity index (χ4n) is 1.54. The van der Waals surface area contributed by atoms with Crippen LogP contribution in [0.1, 0.15) is 32.5 Å². The van der Waals surface area contributed by atoms with E-state index in [0.29, 0.717) is 0 Å². The lowest BCUT2D eigenvalue weighted by Gasteiger charge is -2.18. The molecule has 0 unspecified atom stereocenters. The van der Waals surface area contributed by atoms with Crippen molar-refractivity contribution in [3.05, 3.63) is 11.9 Å². The van der Waals surface area contributed by atoms with Gasteiger partial charge in [-0.3, -0.25) is 0 Å². The molecule has 1 aromatic rings. The summed E-state index contributed by atoms with van der Waals surface area (Å²) in [6.45, 7) is 8.21. The third-order valence-electron chi connectivity index (χ3n) is 2.33. The Bertz CT molecular complexity index is 325. The summed E-state index contributed by atoms with van der Waals surface area (Å²) in [5.41, 5.74) is 0. The highest BCUT2D eigenvalue weighted by atomic mass is 15.2. The summed E-state index contributed by atoms with van der Waals surface area (Å²) in [5, 5.41) is 3.29. The second-order valence-electron chi connectivity index (χ2n) is 4.01. The lowest BCUT2D eigenvalue weighted by Crippen LogP contribution is -2.20. The number of hydrogen-bond donors (Lipinski definition) is 1. The van der Waals surface area contributed by atoms with Gasteiger partial charge in [0, 0.05) is 26.2 Å². The molecule has 0 spiro atoms. The zero-order chi connectivity index (χ0) is 12.0. The van der Waals surface area contributed by atoms with Gasteiger partial charge in [0.15, 0.2) is 0 Å². The minimum atomic E-state index is 0.819. The Hall–Kier alpha value is -1.32. The van der Waals surface area contributed by atoms with Crippen molar-refractivity contribution in [2.45, 2.75) is 33.6 Å². The van der Waals surface area contributed by atoms with Crippen LogP contribution in [0.25, 0.3) is 0 Å². The van der Waals surface area contributed by atoms with Crippen LogP contribution in [0.4, 0.5) is 11.6 Å². The molecule has 1 heterocycles. The van der Waals surface area contributed by atoms with Crippen molar-refractivity contribution in [1.82, 2.24) is 9.97 Å². The van der Waals surface area contributed by atoms with Crippen LogP contribution in [0, 0.1) is 6.92 Å². The number of nitrogens with one attached hydrogen (secondary N) is 1. The molecule has 0 amide bonds. The molecule has 1 aromatic heterocycles. The number of aromatic nitrogens is 2. The molecule has 0 aliphatic carbocycles. The summed E-state index contributed by atoms with van der Waals surface area (Å²) in [6, 6.07) is 2.01. The zero-order valence-corrected chi connectivity index (χ0v) is 10.7. The Balaban J connectivity index is 2.80. The van der Waals surface area contributed by atoms with E-state index in [-0.39, 0.29) is 0 Å². The third kappa shape index (κ3) is 3.68. The fraction of sp³-hybridized carbons (Fsp3) is 0.667. The highest BCUT2D eigenvalue weighted by Crippen LogP contribution is 2.14. The van der Waals surface area contributed by atoms with E-state index in [4.69, 9.17) is 0 Å². The van der Waals surface area contributed by atoms with Gasteiger partial charge in [-0.15, -0.1) is 0 Å². The number of anilines is 2. The van der Waals surface area contributed by atoms with Crippen LogP contribution >= 0.6 is 0 Å². The number of nitrogens with zero attached hydrogens (tertiary/aromatic N) is 3. The lowest BCUT2D eigenvalue weighted by molar-refractivity contribution is 0.828. The van der Waals surface area contributed by atoms with Crippen LogP contribution in [0.15, 0.2) is 6.07 Å². The maximum Gasteiger partial charge on any atom is 0.134 e. The van der Waals surface area contributed by atoms with E-state index < -0.39 is 0 Å². The molecule has 4 heteroatoms. The van der Waals surface area contributed by atoms with E-state index in [1.807, 2.05) is 13.0 Å². The van der Waals surface area contributed by atoms with Crippen molar-refractivity contribution < 1.29 is 0 Å². The summed E-state index contributed by atoms with van der Waals surface area (Å²) in [6.07, 6.45) is 2.22. The molecule has 0 radical (unpaired) electrons. The minimum absolute atomic E-state index is 0.819. The van der Waals surface area contributed by atoms with Gasteiger partial charge in [0.1, 0.15) is 17.5 Å². The second kappa shape index (κ2) is 6.30. The standard InChI is InChI=1S/C12H22N4/c1-5-7-13-11-9-12(15-10(3)14-11)16(4)8-6-2/h9H,5-8H2,1-4H3,(H,13,14,15). The average Bonchev–Trinajstić information content (AvgIpc) is 2.26. The summed E-state index contributed by atoms with van der Waals surface area (Å²) in [5.74, 6) is 2.74. The maximum atomic E-state index is 4.44. The zero-order valence-electron chi connectivity index (χ0n) is 10.7. The Morgan fingerprint density at radius 1 is 1.25 bits per heavy atom. The second-order valence-corrected chi connectivity index (χ2v) is 4.01. The normalized spacial score (nSPS) is 10.2. The van der Waals surface area contributed by atoms with Gasteiger partial charge in [0.05, 0.1) is 0 Å². The van der Waals surface area contributed by atoms with Crippen LogP contribution in [-0.4, -0.2) is 30.1 Å². The van der Waals surface area contributed by atoms with Gasteiger partial charge in [-0.25, -0.2) is 9.97 Å². The molecule has 0 bridgehead atoms. The van der Waals surface area contributed by atoms with Gasteiger partial charge in [-0.2, -0.15) is 0 Å². The molecule has 0 aromatic carbocycles. The van der Waals surface area contributed by atoms with E-state index in [9.17, 15) is 0 Å². The molecule has 1 rings (SSSR count). The van der Waals surface area contributed by atoms with Crippen molar-refractivity contribution in [3.8, 4) is 0 Å². The van der Waals surface area contributed by atoms with Gasteiger partial charge in [0.25, 0.3) is 0 Å². The first-order valence-electron chi connectivity index (χ1n) is 5.98. The van der Waals surface area contributed by atoms with Gasteiger partial charge in [-0.05, 0) is 19.8 Å². The minimum Gasteiger partial charge on any atom is -0.370 e. The van der Waals surface area contributed by atoms with E-state index in [2.05, 4.69) is 41.1 Å². The Labute approximate surface area is 98.1 Å². The van der Waals surface area contributed by atoms with Gasteiger partial charge in [-0.1, -0.05) is 13.8 Å². The molecule has 0 saturated heterocycles. The molecule has 0 saturated carbocycles. The van der Waals surface area contributed by atoms with Crippen LogP contribution < -0.4 is 10.2 Å². The molecule has 0 aliphatic rings. The summed E-state index contributed by atoms with van der Waals surface area (Å²) in [7, 11) is 2.06. The quantitative estimate of drug-likeness (QED) is 0.802. The first-order valence-corrected chi connectivity index (χ1v) is 5.98. The van der Waals surface area contributed by atoms with Crippen molar-refractivity contribution in [2.24, 2.45) is 0 Å².